The molecule has 0 unspecified atom stereocenters. The van der Waals surface area contributed by atoms with Gasteiger partial charge in [0.15, 0.2) is 11.5 Å². The van der Waals surface area contributed by atoms with Gasteiger partial charge >= 0.3 is 0 Å². The third-order valence-electron chi connectivity index (χ3n) is 6.41. The number of hydrogen-bond donors (Lipinski definition) is 2. The largest absolute Gasteiger partial charge is 0.490 e. The van der Waals surface area contributed by atoms with Crippen LogP contribution in [0.5, 0.6) is 11.5 Å². The van der Waals surface area contributed by atoms with Gasteiger partial charge in [0.2, 0.25) is 15.9 Å². The monoisotopic (exact) mass is 496 g/mol. The molecule has 10 heteroatoms. The number of amides is 1. The summed E-state index contributed by atoms with van der Waals surface area (Å²) in [7, 11) is -3.68. The lowest BCUT2D eigenvalue weighted by Gasteiger charge is -2.30. The Morgan fingerprint density at radius 2 is 1.77 bits per heavy atom. The number of carbonyl (C=O) groups is 1. The van der Waals surface area contributed by atoms with Crippen molar-refractivity contribution >= 4 is 15.9 Å². The number of ether oxygens (including phenoxy) is 2. The molecular formula is C25H28N4O5S. The fourth-order valence-corrected chi connectivity index (χ4v) is 5.85. The highest BCUT2D eigenvalue weighted by atomic mass is 32.2. The lowest BCUT2D eigenvalue weighted by atomic mass is 9.97. The molecule has 1 amide bonds. The molecular weight excluding hydrogens is 468 g/mol. The number of aromatic nitrogens is 2. The summed E-state index contributed by atoms with van der Waals surface area (Å²) in [6.07, 6.45) is 3.42. The number of rotatable bonds is 6. The topological polar surface area (TPSA) is 114 Å². The van der Waals surface area contributed by atoms with Crippen molar-refractivity contribution in [2.45, 2.75) is 30.7 Å². The molecule has 0 aliphatic carbocycles. The molecule has 1 fully saturated rings. The number of hydrogen-bond acceptors (Lipinski definition) is 6. The van der Waals surface area contributed by atoms with Crippen LogP contribution >= 0.6 is 0 Å². The van der Waals surface area contributed by atoms with Gasteiger partial charge < -0.3 is 14.8 Å². The van der Waals surface area contributed by atoms with Crippen molar-refractivity contribution in [3.8, 4) is 22.8 Å². The second-order valence-corrected chi connectivity index (χ2v) is 10.7. The predicted octanol–water partition coefficient (Wildman–Crippen LogP) is 2.96. The van der Waals surface area contributed by atoms with Crippen LogP contribution in [0.25, 0.3) is 11.3 Å². The molecule has 5 rings (SSSR count). The molecule has 2 aliphatic heterocycles. The average molecular weight is 497 g/mol. The van der Waals surface area contributed by atoms with Crippen molar-refractivity contribution in [1.29, 1.82) is 0 Å². The maximum atomic E-state index is 13.2. The molecule has 3 heterocycles. The van der Waals surface area contributed by atoms with Crippen LogP contribution in [0.4, 0.5) is 0 Å². The van der Waals surface area contributed by atoms with Crippen LogP contribution in [-0.4, -0.2) is 55.1 Å². The number of aromatic amines is 1. The van der Waals surface area contributed by atoms with Crippen molar-refractivity contribution in [3.63, 3.8) is 0 Å². The average Bonchev–Trinajstić information content (AvgIpc) is 3.33. The zero-order valence-electron chi connectivity index (χ0n) is 19.3. The second-order valence-electron chi connectivity index (χ2n) is 8.72. The Labute approximate surface area is 204 Å². The van der Waals surface area contributed by atoms with Crippen LogP contribution in [0.3, 0.4) is 0 Å². The summed E-state index contributed by atoms with van der Waals surface area (Å²) >= 11 is 0. The fourth-order valence-electron chi connectivity index (χ4n) is 4.36. The Morgan fingerprint density at radius 3 is 2.49 bits per heavy atom. The summed E-state index contributed by atoms with van der Waals surface area (Å²) in [6.45, 7) is 2.07. The van der Waals surface area contributed by atoms with E-state index in [1.165, 1.54) is 10.4 Å². The van der Waals surface area contributed by atoms with Crippen molar-refractivity contribution < 1.29 is 22.7 Å². The smallest absolute Gasteiger partial charge is 0.243 e. The van der Waals surface area contributed by atoms with E-state index in [4.69, 9.17) is 9.47 Å². The SMILES string of the molecule is O=C(NCc1ccc(-c2ccn[nH]2)cc1)C1CCN(S(=O)(=O)c2ccc3c(c2)OCCCO3)CC1. The Balaban J connectivity index is 1.15. The third-order valence-corrected chi connectivity index (χ3v) is 8.31. The normalized spacial score (nSPS) is 17.0. The number of benzene rings is 2. The molecule has 35 heavy (non-hydrogen) atoms. The van der Waals surface area contributed by atoms with Gasteiger partial charge in [0, 0.05) is 44.2 Å². The summed E-state index contributed by atoms with van der Waals surface area (Å²) in [5.74, 6) is 0.757. The van der Waals surface area contributed by atoms with Crippen LogP contribution in [0, 0.1) is 5.92 Å². The van der Waals surface area contributed by atoms with Crippen LogP contribution in [0.1, 0.15) is 24.8 Å². The molecule has 9 nitrogen and oxygen atoms in total. The number of sulfonamides is 1. The van der Waals surface area contributed by atoms with E-state index in [0.717, 1.165) is 23.2 Å². The Hall–Kier alpha value is -3.37. The van der Waals surface area contributed by atoms with Gasteiger partial charge in [0.1, 0.15) is 0 Å². The highest BCUT2D eigenvalue weighted by Gasteiger charge is 2.32. The molecule has 0 atom stereocenters. The van der Waals surface area contributed by atoms with E-state index >= 15 is 0 Å². The first kappa shape index (κ1) is 23.4. The van der Waals surface area contributed by atoms with E-state index in [9.17, 15) is 13.2 Å². The molecule has 1 saturated heterocycles. The molecule has 0 radical (unpaired) electrons. The molecule has 2 N–H and O–H groups in total. The third kappa shape index (κ3) is 5.18. The maximum Gasteiger partial charge on any atom is 0.243 e. The van der Waals surface area contributed by atoms with Gasteiger partial charge in [-0.15, -0.1) is 0 Å². The van der Waals surface area contributed by atoms with Crippen molar-refractivity contribution in [2.24, 2.45) is 5.92 Å². The minimum atomic E-state index is -3.68. The van der Waals surface area contributed by atoms with Crippen molar-refractivity contribution in [3.05, 3.63) is 60.3 Å². The number of carbonyl (C=O) groups excluding carboxylic acids is 1. The van der Waals surface area contributed by atoms with Crippen LogP contribution in [0.15, 0.2) is 59.6 Å². The molecule has 1 aromatic heterocycles. The van der Waals surface area contributed by atoms with Gasteiger partial charge in [-0.25, -0.2) is 8.42 Å². The van der Waals surface area contributed by atoms with Gasteiger partial charge in [0.05, 0.1) is 23.8 Å². The minimum Gasteiger partial charge on any atom is -0.490 e. The molecule has 2 aromatic carbocycles. The second kappa shape index (κ2) is 10.1. The number of fused-ring (bicyclic) bond motifs is 1. The van der Waals surface area contributed by atoms with Gasteiger partial charge in [-0.1, -0.05) is 24.3 Å². The van der Waals surface area contributed by atoms with Crippen LogP contribution in [0.2, 0.25) is 0 Å². The highest BCUT2D eigenvalue weighted by molar-refractivity contribution is 7.89. The Bertz CT molecular complexity index is 1270. The van der Waals surface area contributed by atoms with Gasteiger partial charge in [-0.3, -0.25) is 9.89 Å². The van der Waals surface area contributed by atoms with E-state index in [-0.39, 0.29) is 16.7 Å². The Morgan fingerprint density at radius 1 is 1.03 bits per heavy atom. The lowest BCUT2D eigenvalue weighted by molar-refractivity contribution is -0.126. The Kier molecular flexibility index (Phi) is 6.74. The summed E-state index contributed by atoms with van der Waals surface area (Å²) in [6, 6.07) is 14.6. The highest BCUT2D eigenvalue weighted by Crippen LogP contribution is 2.33. The van der Waals surface area contributed by atoms with Crippen LogP contribution in [-0.2, 0) is 21.4 Å². The van der Waals surface area contributed by atoms with E-state index in [2.05, 4.69) is 15.5 Å². The number of piperidine rings is 1. The molecule has 184 valence electrons. The van der Waals surface area contributed by atoms with Gasteiger partial charge in [0.25, 0.3) is 0 Å². The van der Waals surface area contributed by atoms with Crippen molar-refractivity contribution in [1.82, 2.24) is 19.8 Å². The first-order chi connectivity index (χ1) is 17.0. The van der Waals surface area contributed by atoms with E-state index in [0.29, 0.717) is 57.2 Å². The molecule has 0 spiro atoms. The number of nitrogens with one attached hydrogen (secondary N) is 2. The molecule has 3 aromatic rings. The zero-order chi connectivity index (χ0) is 24.3. The standard InChI is InChI=1S/C25H28N4O5S/c30-25(26-17-18-2-4-19(5-3-18)22-8-11-27-28-22)20-9-12-29(13-10-20)35(31,32)21-6-7-23-24(16-21)34-15-1-14-33-23/h2-8,11,16,20H,1,9-10,12-15,17H2,(H,26,30)(H,27,28). The maximum absolute atomic E-state index is 13.2. The summed E-state index contributed by atoms with van der Waals surface area (Å²) in [5, 5.41) is 9.88. The first-order valence-corrected chi connectivity index (χ1v) is 13.2. The van der Waals surface area contributed by atoms with E-state index < -0.39 is 10.0 Å². The predicted molar refractivity (Wildman–Crippen MR) is 129 cm³/mol. The molecule has 2 aliphatic rings. The summed E-state index contributed by atoms with van der Waals surface area (Å²) in [4.78, 5) is 12.9. The van der Waals surface area contributed by atoms with E-state index in [1.807, 2.05) is 30.3 Å². The summed E-state index contributed by atoms with van der Waals surface area (Å²) < 4.78 is 39.1. The van der Waals surface area contributed by atoms with Gasteiger partial charge in [-0.05, 0) is 42.2 Å². The first-order valence-electron chi connectivity index (χ1n) is 11.8. The number of H-pyrrole nitrogens is 1. The van der Waals surface area contributed by atoms with E-state index in [1.54, 1.807) is 18.3 Å². The fraction of sp³-hybridized carbons (Fsp3) is 0.360. The molecule has 0 bridgehead atoms. The lowest BCUT2D eigenvalue weighted by Crippen LogP contribution is -2.42. The quantitative estimate of drug-likeness (QED) is 0.543. The zero-order valence-corrected chi connectivity index (χ0v) is 20.1. The molecule has 0 saturated carbocycles. The van der Waals surface area contributed by atoms with Crippen molar-refractivity contribution in [2.75, 3.05) is 26.3 Å². The van der Waals surface area contributed by atoms with Gasteiger partial charge in [-0.2, -0.15) is 9.40 Å². The summed E-state index contributed by atoms with van der Waals surface area (Å²) in [5.41, 5.74) is 2.96. The minimum absolute atomic E-state index is 0.0460. The number of nitrogens with zero attached hydrogens (tertiary/aromatic N) is 2. The van der Waals surface area contributed by atoms with Crippen LogP contribution < -0.4 is 14.8 Å².